The molecule has 0 saturated heterocycles. The molecule has 34 heavy (non-hydrogen) atoms. The molecule has 0 atom stereocenters. The maximum absolute atomic E-state index is 14.6. The molecule has 0 spiro atoms. The molecule has 0 aliphatic heterocycles. The van der Waals surface area contributed by atoms with Crippen molar-refractivity contribution in [3.63, 3.8) is 0 Å². The minimum atomic E-state index is -4.02. The predicted octanol–water partition coefficient (Wildman–Crippen LogP) is 4.92. The number of rotatable bonds is 7. The highest BCUT2D eigenvalue weighted by molar-refractivity contribution is 7.92. The number of nitrogens with zero attached hydrogens (tertiary/aromatic N) is 2. The Morgan fingerprint density at radius 1 is 1.00 bits per heavy atom. The third-order valence-corrected chi connectivity index (χ3v) is 7.47. The summed E-state index contributed by atoms with van der Waals surface area (Å²) >= 11 is 5.96. The van der Waals surface area contributed by atoms with E-state index in [1.807, 2.05) is 0 Å². The topological polar surface area (TPSA) is 110 Å². The van der Waals surface area contributed by atoms with Crippen molar-refractivity contribution >= 4 is 45.4 Å². The Hall–Kier alpha value is -3.01. The second kappa shape index (κ2) is 10.5. The van der Waals surface area contributed by atoms with Crippen LogP contribution in [0, 0.1) is 5.82 Å². The first-order valence-electron chi connectivity index (χ1n) is 10.9. The van der Waals surface area contributed by atoms with Gasteiger partial charge < -0.3 is 11.1 Å². The van der Waals surface area contributed by atoms with E-state index in [0.717, 1.165) is 31.2 Å². The number of nitrogens with two attached hydrogens (primary N) is 1. The zero-order valence-electron chi connectivity index (χ0n) is 18.3. The molecule has 1 saturated carbocycles. The zero-order valence-corrected chi connectivity index (χ0v) is 19.9. The predicted molar refractivity (Wildman–Crippen MR) is 133 cm³/mol. The van der Waals surface area contributed by atoms with Crippen molar-refractivity contribution in [1.82, 2.24) is 9.97 Å². The van der Waals surface area contributed by atoms with Gasteiger partial charge in [0, 0.05) is 30.0 Å². The van der Waals surface area contributed by atoms with Gasteiger partial charge in [0.05, 0.1) is 10.7 Å². The van der Waals surface area contributed by atoms with Crippen molar-refractivity contribution in [2.75, 3.05) is 10.0 Å². The Balaban J connectivity index is 1.39. The van der Waals surface area contributed by atoms with Crippen LogP contribution in [0.1, 0.15) is 36.8 Å². The van der Waals surface area contributed by atoms with Gasteiger partial charge in [0.15, 0.2) is 0 Å². The van der Waals surface area contributed by atoms with Crippen LogP contribution >= 0.6 is 11.6 Å². The first-order valence-corrected chi connectivity index (χ1v) is 12.8. The van der Waals surface area contributed by atoms with Crippen molar-refractivity contribution in [2.45, 2.75) is 42.7 Å². The van der Waals surface area contributed by atoms with Gasteiger partial charge in [0.1, 0.15) is 10.7 Å². The van der Waals surface area contributed by atoms with E-state index < -0.39 is 15.8 Å². The van der Waals surface area contributed by atoms with E-state index in [1.165, 1.54) is 24.3 Å². The fraction of sp³-hybridized carbons (Fsp3) is 0.250. The molecule has 1 fully saturated rings. The lowest BCUT2D eigenvalue weighted by Crippen LogP contribution is -2.33. The second-order valence-corrected chi connectivity index (χ2v) is 10.3. The van der Waals surface area contributed by atoms with E-state index in [0.29, 0.717) is 17.6 Å². The van der Waals surface area contributed by atoms with E-state index >= 15 is 0 Å². The molecule has 0 bridgehead atoms. The van der Waals surface area contributed by atoms with E-state index in [-0.39, 0.29) is 21.6 Å². The first kappa shape index (κ1) is 24.1. The lowest BCUT2D eigenvalue weighted by atomic mass is 9.92. The third-order valence-electron chi connectivity index (χ3n) is 5.61. The maximum Gasteiger partial charge on any atom is 0.263 e. The average Bonchev–Trinajstić information content (AvgIpc) is 2.82. The van der Waals surface area contributed by atoms with Crippen LogP contribution in [0.2, 0.25) is 5.02 Å². The fourth-order valence-corrected chi connectivity index (χ4v) is 5.31. The van der Waals surface area contributed by atoms with Crippen LogP contribution in [0.4, 0.5) is 16.0 Å². The minimum absolute atomic E-state index is 0.0568. The van der Waals surface area contributed by atoms with Gasteiger partial charge in [-0.25, -0.2) is 22.8 Å². The van der Waals surface area contributed by atoms with Crippen molar-refractivity contribution < 1.29 is 12.8 Å². The molecule has 2 aromatic carbocycles. The number of halogens is 2. The van der Waals surface area contributed by atoms with Gasteiger partial charge in [-0.3, -0.25) is 4.72 Å². The van der Waals surface area contributed by atoms with Gasteiger partial charge in [0.25, 0.3) is 10.0 Å². The Bertz CT molecular complexity index is 1280. The Kier molecular flexibility index (Phi) is 7.45. The average molecular weight is 502 g/mol. The van der Waals surface area contributed by atoms with Gasteiger partial charge in [-0.2, -0.15) is 0 Å². The third kappa shape index (κ3) is 6.11. The molecule has 1 aromatic heterocycles. The van der Waals surface area contributed by atoms with Gasteiger partial charge >= 0.3 is 0 Å². The Morgan fingerprint density at radius 3 is 2.35 bits per heavy atom. The summed E-state index contributed by atoms with van der Waals surface area (Å²) in [6.45, 7) is 0. The summed E-state index contributed by atoms with van der Waals surface area (Å²) in [4.78, 5) is 8.57. The van der Waals surface area contributed by atoms with E-state index in [2.05, 4.69) is 20.0 Å². The molecule has 0 amide bonds. The minimum Gasteiger partial charge on any atom is -0.351 e. The van der Waals surface area contributed by atoms with E-state index in [4.69, 9.17) is 17.3 Å². The van der Waals surface area contributed by atoms with Crippen LogP contribution in [0.5, 0.6) is 0 Å². The fourth-order valence-electron chi connectivity index (χ4n) is 3.72. The van der Waals surface area contributed by atoms with Crippen molar-refractivity contribution in [2.24, 2.45) is 5.73 Å². The van der Waals surface area contributed by atoms with Gasteiger partial charge in [-0.15, -0.1) is 0 Å². The number of aromatic nitrogens is 2. The molecular weight excluding hydrogens is 477 g/mol. The quantitative estimate of drug-likeness (QED) is 0.423. The molecule has 0 radical (unpaired) electrons. The van der Waals surface area contributed by atoms with Gasteiger partial charge in [-0.05, 0) is 55.5 Å². The van der Waals surface area contributed by atoms with Crippen molar-refractivity contribution in [3.8, 4) is 0 Å². The van der Waals surface area contributed by atoms with Crippen LogP contribution < -0.4 is 15.8 Å². The van der Waals surface area contributed by atoms with Crippen LogP contribution in [0.3, 0.4) is 0 Å². The molecule has 1 heterocycles. The van der Waals surface area contributed by atoms with Crippen molar-refractivity contribution in [1.29, 1.82) is 0 Å². The Labute approximate surface area is 203 Å². The molecular formula is C24H25ClFN5O2S. The number of nitrogens with one attached hydrogen (secondary N) is 2. The molecule has 10 heteroatoms. The summed E-state index contributed by atoms with van der Waals surface area (Å²) in [5.41, 5.74) is 7.08. The number of benzene rings is 2. The van der Waals surface area contributed by atoms with Crippen LogP contribution in [-0.2, 0) is 10.0 Å². The lowest BCUT2D eigenvalue weighted by molar-refractivity contribution is 0.410. The highest BCUT2D eigenvalue weighted by Gasteiger charge is 2.20. The van der Waals surface area contributed by atoms with Gasteiger partial charge in [0.2, 0.25) is 5.95 Å². The van der Waals surface area contributed by atoms with Crippen LogP contribution in [-0.4, -0.2) is 30.5 Å². The standard InChI is InChI=1S/C24H25ClFN5O2S/c25-20-3-1-2-4-23(20)34(32,33)31-22-12-7-16(13-21(22)26)5-6-17-14-28-24(29-15-17)30-19-10-8-18(27)9-11-19/h1-7,12-15,18-19,31H,8-11,27H2,(H,28,29,30)/b6-5+/t18-,19-. The largest absolute Gasteiger partial charge is 0.351 e. The summed E-state index contributed by atoms with van der Waals surface area (Å²) in [7, 11) is -4.02. The summed E-state index contributed by atoms with van der Waals surface area (Å²) < 4.78 is 41.9. The number of anilines is 2. The molecule has 0 unspecified atom stereocenters. The van der Waals surface area contributed by atoms with E-state index in [1.54, 1.807) is 42.7 Å². The maximum atomic E-state index is 14.6. The lowest BCUT2D eigenvalue weighted by Gasteiger charge is -2.26. The summed E-state index contributed by atoms with van der Waals surface area (Å²) in [6, 6.07) is 10.8. The monoisotopic (exact) mass is 501 g/mol. The number of sulfonamides is 1. The molecule has 1 aliphatic rings. The molecule has 1 aliphatic carbocycles. The van der Waals surface area contributed by atoms with Crippen LogP contribution in [0.25, 0.3) is 12.2 Å². The second-order valence-electron chi connectivity index (χ2n) is 8.20. The SMILES string of the molecule is N[C@H]1CC[C@H](Nc2ncc(/C=C/c3ccc(NS(=O)(=O)c4ccccc4Cl)c(F)c3)cn2)CC1. The zero-order chi connectivity index (χ0) is 24.1. The molecule has 4 rings (SSSR count). The number of hydrogen-bond acceptors (Lipinski definition) is 6. The molecule has 178 valence electrons. The normalized spacial score (nSPS) is 18.7. The highest BCUT2D eigenvalue weighted by atomic mass is 35.5. The smallest absolute Gasteiger partial charge is 0.263 e. The molecule has 4 N–H and O–H groups in total. The Morgan fingerprint density at radius 2 is 1.68 bits per heavy atom. The summed E-state index contributed by atoms with van der Waals surface area (Å²) in [6.07, 6.45) is 10.8. The molecule has 7 nitrogen and oxygen atoms in total. The van der Waals surface area contributed by atoms with Gasteiger partial charge in [-0.1, -0.05) is 42.0 Å². The summed E-state index contributed by atoms with van der Waals surface area (Å²) in [5, 5.41) is 3.39. The summed E-state index contributed by atoms with van der Waals surface area (Å²) in [5.74, 6) is -0.139. The van der Waals surface area contributed by atoms with E-state index in [9.17, 15) is 12.8 Å². The molecule has 3 aromatic rings. The number of hydrogen-bond donors (Lipinski definition) is 3. The van der Waals surface area contributed by atoms with Crippen LogP contribution in [0.15, 0.2) is 59.8 Å². The highest BCUT2D eigenvalue weighted by Crippen LogP contribution is 2.25. The van der Waals surface area contributed by atoms with Crippen molar-refractivity contribution in [3.05, 3.63) is 76.8 Å². The first-order chi connectivity index (χ1) is 16.3.